The van der Waals surface area contributed by atoms with Crippen LogP contribution in [0.15, 0.2) is 29.3 Å². The van der Waals surface area contributed by atoms with E-state index in [1.54, 1.807) is 12.1 Å². The molecular weight excluding hydrogens is 342 g/mol. The first-order valence-corrected chi connectivity index (χ1v) is 7.74. The second kappa shape index (κ2) is 7.77. The van der Waals surface area contributed by atoms with Crippen molar-refractivity contribution in [3.63, 3.8) is 0 Å². The predicted octanol–water partition coefficient (Wildman–Crippen LogP) is 0.214. The molecule has 4 amide bonds. The van der Waals surface area contributed by atoms with E-state index in [1.165, 1.54) is 33.3 Å². The molecule has 9 nitrogen and oxygen atoms in total. The Morgan fingerprint density at radius 3 is 2.23 bits per heavy atom. The highest BCUT2D eigenvalue weighted by Gasteiger charge is 2.41. The molecule has 1 aromatic rings. The van der Waals surface area contributed by atoms with Crippen molar-refractivity contribution < 1.29 is 29.0 Å². The molecule has 0 bridgehead atoms. The first-order valence-electron chi connectivity index (χ1n) is 7.74. The lowest BCUT2D eigenvalue weighted by Crippen LogP contribution is -2.57. The van der Waals surface area contributed by atoms with Gasteiger partial charge in [-0.2, -0.15) is 0 Å². The van der Waals surface area contributed by atoms with E-state index >= 15 is 0 Å². The van der Waals surface area contributed by atoms with Crippen LogP contribution in [0.25, 0.3) is 0 Å². The van der Waals surface area contributed by atoms with Crippen molar-refractivity contribution in [2.75, 3.05) is 21.2 Å². The number of aromatic hydroxyl groups is 1. The SMILES string of the molecule is COC(=O)[C@H](Cc1ccc(O)cc1)N=CC1C(=O)N(C)C(=O)N(C)C1=O. The van der Waals surface area contributed by atoms with Crippen molar-refractivity contribution in [2.45, 2.75) is 12.5 Å². The van der Waals surface area contributed by atoms with Gasteiger partial charge in [-0.05, 0) is 17.7 Å². The number of carbonyl (C=O) groups is 4. The van der Waals surface area contributed by atoms with Crippen molar-refractivity contribution in [1.82, 2.24) is 9.80 Å². The molecule has 2 rings (SSSR count). The van der Waals surface area contributed by atoms with Gasteiger partial charge >= 0.3 is 12.0 Å². The molecule has 0 unspecified atom stereocenters. The Kier molecular flexibility index (Phi) is 5.71. The third-order valence-corrected chi connectivity index (χ3v) is 4.02. The maximum absolute atomic E-state index is 12.2. The van der Waals surface area contributed by atoms with Crippen LogP contribution in [-0.4, -0.2) is 72.2 Å². The number of nitrogens with zero attached hydrogens (tertiary/aromatic N) is 3. The van der Waals surface area contributed by atoms with E-state index in [-0.39, 0.29) is 12.2 Å². The summed E-state index contributed by atoms with van der Waals surface area (Å²) in [6, 6.07) is 4.49. The summed E-state index contributed by atoms with van der Waals surface area (Å²) >= 11 is 0. The van der Waals surface area contributed by atoms with Crippen LogP contribution in [0.5, 0.6) is 5.75 Å². The minimum absolute atomic E-state index is 0.0843. The molecule has 0 aliphatic carbocycles. The first-order chi connectivity index (χ1) is 12.3. The van der Waals surface area contributed by atoms with Gasteiger partial charge in [0.15, 0.2) is 12.0 Å². The summed E-state index contributed by atoms with van der Waals surface area (Å²) in [7, 11) is 3.74. The summed E-state index contributed by atoms with van der Waals surface area (Å²) in [4.78, 5) is 53.7. The number of ether oxygens (including phenoxy) is 1. The Labute approximate surface area is 149 Å². The Bertz CT molecular complexity index is 734. The molecule has 1 atom stereocenters. The predicted molar refractivity (Wildman–Crippen MR) is 90.5 cm³/mol. The number of methoxy groups -OCH3 is 1. The molecule has 1 aromatic carbocycles. The van der Waals surface area contributed by atoms with Gasteiger partial charge in [-0.15, -0.1) is 0 Å². The molecule has 0 aromatic heterocycles. The Morgan fingerprint density at radius 2 is 1.73 bits per heavy atom. The summed E-state index contributed by atoms with van der Waals surface area (Å²) in [5.41, 5.74) is 0.709. The van der Waals surface area contributed by atoms with E-state index < -0.39 is 35.8 Å². The number of phenolic OH excluding ortho intramolecular Hbond substituents is 1. The van der Waals surface area contributed by atoms with Crippen LogP contribution in [0.3, 0.4) is 0 Å². The molecule has 9 heteroatoms. The van der Waals surface area contributed by atoms with Gasteiger partial charge in [-0.25, -0.2) is 9.59 Å². The summed E-state index contributed by atoms with van der Waals surface area (Å²) in [5, 5.41) is 9.32. The fraction of sp³-hybridized carbons (Fsp3) is 0.353. The van der Waals surface area contributed by atoms with Gasteiger partial charge in [-0.1, -0.05) is 12.1 Å². The van der Waals surface area contributed by atoms with Crippen LogP contribution >= 0.6 is 0 Å². The number of imide groups is 2. The average molecular weight is 361 g/mol. The number of benzene rings is 1. The quantitative estimate of drug-likeness (QED) is 0.455. The van der Waals surface area contributed by atoms with E-state index in [9.17, 15) is 24.3 Å². The zero-order valence-electron chi connectivity index (χ0n) is 14.6. The maximum Gasteiger partial charge on any atom is 0.332 e. The summed E-state index contributed by atoms with van der Waals surface area (Å²) in [5.74, 6) is -3.26. The third kappa shape index (κ3) is 3.88. The minimum atomic E-state index is -1.28. The molecule has 1 aliphatic heterocycles. The lowest BCUT2D eigenvalue weighted by atomic mass is 10.0. The van der Waals surface area contributed by atoms with Crippen molar-refractivity contribution in [3.05, 3.63) is 29.8 Å². The van der Waals surface area contributed by atoms with Crippen LogP contribution in [0.1, 0.15) is 5.56 Å². The molecule has 1 fully saturated rings. The fourth-order valence-corrected chi connectivity index (χ4v) is 2.44. The maximum atomic E-state index is 12.2. The van der Waals surface area contributed by atoms with E-state index in [4.69, 9.17) is 4.74 Å². The zero-order chi connectivity index (χ0) is 19.4. The first kappa shape index (κ1) is 19.1. The second-order valence-corrected chi connectivity index (χ2v) is 5.76. The smallest absolute Gasteiger partial charge is 0.332 e. The highest BCUT2D eigenvalue weighted by Crippen LogP contribution is 2.16. The number of aliphatic imine (C=N–C) groups is 1. The fourth-order valence-electron chi connectivity index (χ4n) is 2.44. The molecule has 1 saturated heterocycles. The number of urea groups is 1. The van der Waals surface area contributed by atoms with E-state index in [2.05, 4.69) is 4.99 Å². The molecule has 0 saturated carbocycles. The summed E-state index contributed by atoms with van der Waals surface area (Å²) < 4.78 is 4.71. The minimum Gasteiger partial charge on any atom is -0.508 e. The van der Waals surface area contributed by atoms with Gasteiger partial charge in [-0.3, -0.25) is 24.4 Å². The second-order valence-electron chi connectivity index (χ2n) is 5.76. The number of barbiturate groups is 1. The van der Waals surface area contributed by atoms with Gasteiger partial charge in [0.2, 0.25) is 11.8 Å². The number of hydrogen-bond donors (Lipinski definition) is 1. The molecule has 138 valence electrons. The molecule has 26 heavy (non-hydrogen) atoms. The van der Waals surface area contributed by atoms with E-state index in [0.29, 0.717) is 5.56 Å². The number of rotatable bonds is 5. The van der Waals surface area contributed by atoms with Crippen molar-refractivity contribution in [2.24, 2.45) is 10.9 Å². The zero-order valence-corrected chi connectivity index (χ0v) is 14.6. The molecule has 0 spiro atoms. The monoisotopic (exact) mass is 361 g/mol. The van der Waals surface area contributed by atoms with Crippen molar-refractivity contribution in [1.29, 1.82) is 0 Å². The topological polar surface area (TPSA) is 117 Å². The van der Waals surface area contributed by atoms with Crippen LogP contribution in [0.4, 0.5) is 4.79 Å². The summed E-state index contributed by atoms with van der Waals surface area (Å²) in [6.07, 6.45) is 1.23. The number of phenols is 1. The van der Waals surface area contributed by atoms with Crippen LogP contribution in [0.2, 0.25) is 0 Å². The van der Waals surface area contributed by atoms with Gasteiger partial charge in [0.1, 0.15) is 5.75 Å². The largest absolute Gasteiger partial charge is 0.508 e. The molecular formula is C17H19N3O6. The third-order valence-electron chi connectivity index (χ3n) is 4.02. The number of hydrogen-bond acceptors (Lipinski definition) is 7. The van der Waals surface area contributed by atoms with Crippen molar-refractivity contribution in [3.8, 4) is 5.75 Å². The average Bonchev–Trinajstić information content (AvgIpc) is 2.64. The van der Waals surface area contributed by atoms with Gasteiger partial charge in [0.25, 0.3) is 0 Å². The Hall–Kier alpha value is -3.23. The van der Waals surface area contributed by atoms with Crippen molar-refractivity contribution >= 4 is 30.0 Å². The standard InChI is InChI=1S/C17H19N3O6/c1-19-14(22)12(15(23)20(2)17(19)25)9-18-13(16(24)26-3)8-10-4-6-11(21)7-5-10/h4-7,9,12-13,21H,8H2,1-3H3/t13-/m0/s1. The number of esters is 1. The Morgan fingerprint density at radius 1 is 1.19 bits per heavy atom. The van der Waals surface area contributed by atoms with Crippen LogP contribution in [0, 0.1) is 5.92 Å². The summed E-state index contributed by atoms with van der Waals surface area (Å²) in [6.45, 7) is 0. The molecule has 0 radical (unpaired) electrons. The van der Waals surface area contributed by atoms with E-state index in [0.717, 1.165) is 16.0 Å². The molecule has 1 heterocycles. The highest BCUT2D eigenvalue weighted by molar-refractivity contribution is 6.23. The van der Waals surface area contributed by atoms with Crippen LogP contribution < -0.4 is 0 Å². The normalized spacial score (nSPS) is 17.1. The highest BCUT2D eigenvalue weighted by atomic mass is 16.5. The lowest BCUT2D eigenvalue weighted by Gasteiger charge is -2.31. The lowest BCUT2D eigenvalue weighted by molar-refractivity contribution is -0.145. The number of carbonyl (C=O) groups excluding carboxylic acids is 4. The van der Waals surface area contributed by atoms with Crippen LogP contribution in [-0.2, 0) is 25.5 Å². The van der Waals surface area contributed by atoms with Gasteiger partial charge in [0.05, 0.1) is 7.11 Å². The van der Waals surface area contributed by atoms with Gasteiger partial charge in [0, 0.05) is 26.7 Å². The Balaban J connectivity index is 2.22. The number of amides is 4. The molecule has 1 N–H and O–H groups in total. The van der Waals surface area contributed by atoms with E-state index in [1.807, 2.05) is 0 Å². The van der Waals surface area contributed by atoms with Gasteiger partial charge < -0.3 is 9.84 Å². The molecule has 1 aliphatic rings.